The number of carbonyl (C=O) groups excluding carboxylic acids is 1. The lowest BCUT2D eigenvalue weighted by molar-refractivity contribution is -0.361. The van der Waals surface area contributed by atoms with Gasteiger partial charge in [0.05, 0.1) is 6.61 Å². The maximum absolute atomic E-state index is 12.9. The van der Waals surface area contributed by atoms with Gasteiger partial charge in [-0.1, -0.05) is 6.58 Å². The second kappa shape index (κ2) is 9.01. The topological polar surface area (TPSA) is 110 Å². The molecule has 154 valence electrons. The van der Waals surface area contributed by atoms with Crippen LogP contribution in [0, 0.1) is 0 Å². The number of unbranched alkanes of at least 4 members (excludes halogenated alkanes) is 1. The van der Waals surface area contributed by atoms with Gasteiger partial charge in [-0.3, -0.25) is 9.35 Å². The average molecular weight is 418 g/mol. The molecule has 0 fully saturated rings. The first-order valence-electron chi connectivity index (χ1n) is 6.78. The second-order valence-corrected chi connectivity index (χ2v) is 6.43. The van der Waals surface area contributed by atoms with Crippen LogP contribution in [0.3, 0.4) is 0 Å². The normalized spacial score (nSPS) is 14.8. The van der Waals surface area contributed by atoms with E-state index >= 15 is 0 Å². The number of aliphatic hydroxyl groups is 1. The summed E-state index contributed by atoms with van der Waals surface area (Å²) < 4.78 is 115. The van der Waals surface area contributed by atoms with Gasteiger partial charge in [-0.05, 0) is 18.9 Å². The highest BCUT2D eigenvalue weighted by molar-refractivity contribution is 7.85. The lowest BCUT2D eigenvalue weighted by atomic mass is 10.1. The van der Waals surface area contributed by atoms with Crippen molar-refractivity contribution >= 4 is 16.1 Å². The summed E-state index contributed by atoms with van der Waals surface area (Å²) in [7, 11) is -5.81. The average Bonchev–Trinajstić information content (AvgIpc) is 2.41. The zero-order chi connectivity index (χ0) is 20.8. The van der Waals surface area contributed by atoms with Crippen LogP contribution < -0.4 is 0 Å². The van der Waals surface area contributed by atoms with Crippen LogP contribution in [-0.4, -0.2) is 60.6 Å². The van der Waals surface area contributed by atoms with Gasteiger partial charge in [0.2, 0.25) is 0 Å². The van der Waals surface area contributed by atoms with E-state index in [1.165, 1.54) is 0 Å². The van der Waals surface area contributed by atoms with Crippen molar-refractivity contribution in [3.63, 3.8) is 0 Å². The molecular formula is C12H16F6O7S. The zero-order valence-corrected chi connectivity index (χ0v) is 13.8. The summed E-state index contributed by atoms with van der Waals surface area (Å²) in [5.74, 6) is -4.90. The summed E-state index contributed by atoms with van der Waals surface area (Å²) in [5.41, 5.74) is -5.40. The maximum atomic E-state index is 12.9. The van der Waals surface area contributed by atoms with Gasteiger partial charge in [0.1, 0.15) is 5.75 Å². The Bertz CT molecular complexity index is 570. The first kappa shape index (κ1) is 24.6. The van der Waals surface area contributed by atoms with Crippen LogP contribution in [0.4, 0.5) is 26.3 Å². The molecule has 0 heterocycles. The summed E-state index contributed by atoms with van der Waals surface area (Å²) in [6, 6.07) is 0. The fourth-order valence-corrected chi connectivity index (χ4v) is 2.52. The number of ether oxygens (including phenoxy) is 2. The van der Waals surface area contributed by atoms with E-state index in [0.29, 0.717) is 0 Å². The number of esters is 1. The van der Waals surface area contributed by atoms with Crippen LogP contribution in [0.5, 0.6) is 0 Å². The van der Waals surface area contributed by atoms with Crippen LogP contribution in [-0.2, 0) is 24.4 Å². The van der Waals surface area contributed by atoms with Gasteiger partial charge in [0, 0.05) is 6.42 Å². The Kier molecular flexibility index (Phi) is 8.53. The predicted molar refractivity (Wildman–Crippen MR) is 73.4 cm³/mol. The SMILES string of the molecule is C=C[C@@H](O)OCCCCC(=O)OC(CS(=O)(=O)O)(C(F)(F)F)C(F)(F)F. The van der Waals surface area contributed by atoms with Crippen LogP contribution in [0.25, 0.3) is 0 Å². The van der Waals surface area contributed by atoms with Gasteiger partial charge in [-0.2, -0.15) is 34.8 Å². The van der Waals surface area contributed by atoms with Crippen molar-refractivity contribution in [1.29, 1.82) is 0 Å². The van der Waals surface area contributed by atoms with Crippen LogP contribution >= 0.6 is 0 Å². The highest BCUT2D eigenvalue weighted by Gasteiger charge is 2.75. The lowest BCUT2D eigenvalue weighted by Gasteiger charge is -2.35. The molecule has 0 saturated heterocycles. The fourth-order valence-electron chi connectivity index (χ4n) is 1.62. The zero-order valence-electron chi connectivity index (χ0n) is 13.0. The van der Waals surface area contributed by atoms with Crippen molar-refractivity contribution in [1.82, 2.24) is 0 Å². The number of halogens is 6. The second-order valence-electron chi connectivity index (χ2n) is 4.98. The Morgan fingerprint density at radius 1 is 1.12 bits per heavy atom. The van der Waals surface area contributed by atoms with Crippen molar-refractivity contribution in [2.75, 3.05) is 12.4 Å². The Morgan fingerprint density at radius 3 is 2.00 bits per heavy atom. The summed E-state index contributed by atoms with van der Waals surface area (Å²) in [4.78, 5) is 11.4. The molecule has 14 heteroatoms. The van der Waals surface area contributed by atoms with E-state index in [9.17, 15) is 39.6 Å². The first-order valence-corrected chi connectivity index (χ1v) is 8.39. The highest BCUT2D eigenvalue weighted by atomic mass is 32.2. The number of rotatable bonds is 10. The molecule has 7 nitrogen and oxygen atoms in total. The van der Waals surface area contributed by atoms with Crippen LogP contribution in [0.15, 0.2) is 12.7 Å². The van der Waals surface area contributed by atoms with E-state index in [2.05, 4.69) is 16.1 Å². The Balaban J connectivity index is 5.14. The fraction of sp³-hybridized carbons (Fsp3) is 0.750. The molecule has 0 aliphatic carbocycles. The van der Waals surface area contributed by atoms with Gasteiger partial charge >= 0.3 is 23.9 Å². The standard InChI is InChI=1S/C12H16F6O7S/c1-2-8(19)24-6-4-3-5-9(20)25-10(11(13,14)15,12(16,17)18)7-26(21,22)23/h2,8,19H,1,3-7H2,(H,21,22,23)/t8-/m0/s1. The molecule has 0 aromatic heterocycles. The Labute approximate surface area is 144 Å². The van der Waals surface area contributed by atoms with E-state index in [1.807, 2.05) is 0 Å². The van der Waals surface area contributed by atoms with Gasteiger partial charge in [-0.15, -0.1) is 0 Å². The molecular weight excluding hydrogens is 402 g/mol. The maximum Gasteiger partial charge on any atom is 0.438 e. The summed E-state index contributed by atoms with van der Waals surface area (Å²) in [5, 5.41) is 8.94. The Morgan fingerprint density at radius 2 is 1.62 bits per heavy atom. The molecule has 2 N–H and O–H groups in total. The van der Waals surface area contributed by atoms with Gasteiger partial charge in [0.25, 0.3) is 10.1 Å². The number of hydrogen-bond acceptors (Lipinski definition) is 6. The number of hydrogen-bond donors (Lipinski definition) is 2. The molecule has 26 heavy (non-hydrogen) atoms. The molecule has 0 bridgehead atoms. The number of carbonyl (C=O) groups is 1. The van der Waals surface area contributed by atoms with Crippen molar-refractivity contribution in [3.05, 3.63) is 12.7 Å². The predicted octanol–water partition coefficient (Wildman–Crippen LogP) is 1.97. The molecule has 0 amide bonds. The van der Waals surface area contributed by atoms with Crippen molar-refractivity contribution < 1.29 is 58.7 Å². The highest BCUT2D eigenvalue weighted by Crippen LogP contribution is 2.47. The summed E-state index contributed by atoms with van der Waals surface area (Å²) in [6.07, 6.45) is -14.3. The minimum Gasteiger partial charge on any atom is -0.438 e. The summed E-state index contributed by atoms with van der Waals surface area (Å²) in [6.45, 7) is 2.99. The molecule has 0 unspecified atom stereocenters. The Hall–Kier alpha value is -1.38. The molecule has 0 aromatic carbocycles. The van der Waals surface area contributed by atoms with Gasteiger partial charge in [-0.25, -0.2) is 0 Å². The molecule has 0 aromatic rings. The molecule has 0 saturated carbocycles. The van der Waals surface area contributed by atoms with Gasteiger partial charge < -0.3 is 14.6 Å². The van der Waals surface area contributed by atoms with Crippen molar-refractivity contribution in [2.45, 2.75) is 43.5 Å². The minimum atomic E-state index is -6.35. The largest absolute Gasteiger partial charge is 0.438 e. The molecule has 0 rings (SSSR count). The van der Waals surface area contributed by atoms with Crippen molar-refractivity contribution in [2.24, 2.45) is 0 Å². The first-order chi connectivity index (χ1) is 11.6. The smallest absolute Gasteiger partial charge is 0.438 e. The number of alkyl halides is 6. The van der Waals surface area contributed by atoms with E-state index in [-0.39, 0.29) is 19.4 Å². The molecule has 0 aliphatic heterocycles. The van der Waals surface area contributed by atoms with E-state index in [4.69, 9.17) is 9.66 Å². The number of aliphatic hydroxyl groups excluding tert-OH is 1. The van der Waals surface area contributed by atoms with E-state index in [0.717, 1.165) is 6.08 Å². The van der Waals surface area contributed by atoms with E-state index < -0.39 is 52.5 Å². The van der Waals surface area contributed by atoms with Crippen LogP contribution in [0.2, 0.25) is 0 Å². The quantitative estimate of drug-likeness (QED) is 0.139. The minimum absolute atomic E-state index is 0.0384. The molecule has 0 spiro atoms. The van der Waals surface area contributed by atoms with E-state index in [1.54, 1.807) is 0 Å². The molecule has 1 atom stereocenters. The molecule has 0 radical (unpaired) electrons. The monoisotopic (exact) mass is 418 g/mol. The third-order valence-electron chi connectivity index (χ3n) is 2.86. The molecule has 0 aliphatic rings. The van der Waals surface area contributed by atoms with Gasteiger partial charge in [0.15, 0.2) is 6.29 Å². The third-order valence-corrected chi connectivity index (χ3v) is 3.63. The van der Waals surface area contributed by atoms with Crippen molar-refractivity contribution in [3.8, 4) is 0 Å². The third kappa shape index (κ3) is 7.47. The summed E-state index contributed by atoms with van der Waals surface area (Å²) >= 11 is 0. The lowest BCUT2D eigenvalue weighted by Crippen LogP contribution is -2.63. The van der Waals surface area contributed by atoms with Crippen LogP contribution in [0.1, 0.15) is 19.3 Å².